The Labute approximate surface area is 92.5 Å². The van der Waals surface area contributed by atoms with E-state index in [0.717, 1.165) is 17.5 Å². The molecule has 82 valence electrons. The average Bonchev–Trinajstić information content (AvgIpc) is 2.23. The summed E-state index contributed by atoms with van der Waals surface area (Å²) in [5.74, 6) is 0.380. The van der Waals surface area contributed by atoms with Gasteiger partial charge >= 0.3 is 0 Å². The van der Waals surface area contributed by atoms with E-state index in [4.69, 9.17) is 0 Å². The summed E-state index contributed by atoms with van der Waals surface area (Å²) in [5.41, 5.74) is 2.01. The predicted octanol–water partition coefficient (Wildman–Crippen LogP) is 4.29. The zero-order valence-corrected chi connectivity index (χ0v) is 9.66. The van der Waals surface area contributed by atoms with Gasteiger partial charge in [-0.15, -0.1) is 0 Å². The number of unbranched alkanes of at least 4 members (excludes halogenated alkanes) is 3. The number of phenolic OH excluding ortho intramolecular Hbond substituents is 1. The number of hydrogen-bond acceptors (Lipinski definition) is 1. The molecule has 1 N–H and O–H groups in total. The van der Waals surface area contributed by atoms with E-state index < -0.39 is 0 Å². The van der Waals surface area contributed by atoms with Crippen molar-refractivity contribution < 1.29 is 5.11 Å². The van der Waals surface area contributed by atoms with Crippen LogP contribution in [0.2, 0.25) is 0 Å². The number of allylic oxidation sites excluding steroid dienone is 1. The fourth-order valence-corrected chi connectivity index (χ4v) is 1.46. The first-order valence-corrected chi connectivity index (χ1v) is 5.70. The second-order valence-corrected chi connectivity index (χ2v) is 3.94. The molecule has 0 aliphatic rings. The molecule has 1 heteroatoms. The molecule has 0 radical (unpaired) electrons. The van der Waals surface area contributed by atoms with E-state index >= 15 is 0 Å². The van der Waals surface area contributed by atoms with Gasteiger partial charge in [0.2, 0.25) is 0 Å². The van der Waals surface area contributed by atoms with E-state index in [1.54, 1.807) is 0 Å². The molecular weight excluding hydrogens is 184 g/mol. The number of rotatable bonds is 5. The van der Waals surface area contributed by atoms with Crippen LogP contribution in [-0.4, -0.2) is 5.11 Å². The van der Waals surface area contributed by atoms with E-state index in [0.29, 0.717) is 5.75 Å². The Morgan fingerprint density at radius 1 is 1.27 bits per heavy atom. The summed E-state index contributed by atoms with van der Waals surface area (Å²) in [7, 11) is 0. The first kappa shape index (κ1) is 11.8. The molecule has 1 aromatic carbocycles. The highest BCUT2D eigenvalue weighted by molar-refractivity contribution is 5.53. The van der Waals surface area contributed by atoms with Crippen LogP contribution in [0, 0.1) is 6.92 Å². The van der Waals surface area contributed by atoms with Gasteiger partial charge in [0.15, 0.2) is 0 Å². The number of hydrogen-bond donors (Lipinski definition) is 1. The minimum Gasteiger partial charge on any atom is -0.508 e. The Hall–Kier alpha value is -1.24. The van der Waals surface area contributed by atoms with Crippen LogP contribution in [0.25, 0.3) is 6.08 Å². The lowest BCUT2D eigenvalue weighted by atomic mass is 10.1. The standard InChI is InChI=1S/C14H20O/c1-3-4-5-6-7-8-13-10-9-12(2)14(15)11-13/h7-11,15H,3-6H2,1-2H3/b8-7-. The van der Waals surface area contributed by atoms with Crippen molar-refractivity contribution in [1.82, 2.24) is 0 Å². The van der Waals surface area contributed by atoms with Gasteiger partial charge in [-0.1, -0.05) is 44.1 Å². The molecule has 1 rings (SSSR count). The minimum atomic E-state index is 0.380. The van der Waals surface area contributed by atoms with Crippen LogP contribution >= 0.6 is 0 Å². The molecule has 0 aromatic heterocycles. The fraction of sp³-hybridized carbons (Fsp3) is 0.429. The number of aryl methyl sites for hydroxylation is 1. The van der Waals surface area contributed by atoms with Crippen LogP contribution in [0.3, 0.4) is 0 Å². The minimum absolute atomic E-state index is 0.380. The maximum absolute atomic E-state index is 9.51. The molecule has 0 fully saturated rings. The number of benzene rings is 1. The second-order valence-electron chi connectivity index (χ2n) is 3.94. The highest BCUT2D eigenvalue weighted by atomic mass is 16.3. The molecule has 0 saturated carbocycles. The van der Waals surface area contributed by atoms with Gasteiger partial charge in [-0.3, -0.25) is 0 Å². The van der Waals surface area contributed by atoms with Gasteiger partial charge in [0, 0.05) is 0 Å². The van der Waals surface area contributed by atoms with Crippen LogP contribution in [0.15, 0.2) is 24.3 Å². The molecule has 15 heavy (non-hydrogen) atoms. The quantitative estimate of drug-likeness (QED) is 0.709. The van der Waals surface area contributed by atoms with Crippen molar-refractivity contribution in [2.75, 3.05) is 0 Å². The van der Waals surface area contributed by atoms with E-state index in [9.17, 15) is 5.11 Å². The van der Waals surface area contributed by atoms with Crippen molar-refractivity contribution in [3.63, 3.8) is 0 Å². The maximum Gasteiger partial charge on any atom is 0.119 e. The lowest BCUT2D eigenvalue weighted by Gasteiger charge is -1.99. The van der Waals surface area contributed by atoms with Crippen molar-refractivity contribution in [3.8, 4) is 5.75 Å². The lowest BCUT2D eigenvalue weighted by molar-refractivity contribution is 0.471. The molecule has 1 nitrogen and oxygen atoms in total. The van der Waals surface area contributed by atoms with Gasteiger partial charge in [-0.25, -0.2) is 0 Å². The third-order valence-electron chi connectivity index (χ3n) is 2.52. The molecular formula is C14H20O. The normalized spacial score (nSPS) is 11.1. The first-order chi connectivity index (χ1) is 7.24. The Bertz CT molecular complexity index is 326. The number of aromatic hydroxyl groups is 1. The Kier molecular flexibility index (Phi) is 4.96. The number of phenols is 1. The average molecular weight is 204 g/mol. The Morgan fingerprint density at radius 2 is 2.07 bits per heavy atom. The molecule has 0 bridgehead atoms. The molecule has 0 atom stereocenters. The maximum atomic E-state index is 9.51. The van der Waals surface area contributed by atoms with Crippen molar-refractivity contribution in [1.29, 1.82) is 0 Å². The summed E-state index contributed by atoms with van der Waals surface area (Å²) >= 11 is 0. The first-order valence-electron chi connectivity index (χ1n) is 5.70. The van der Waals surface area contributed by atoms with Crippen molar-refractivity contribution >= 4 is 6.08 Å². The molecule has 0 unspecified atom stereocenters. The summed E-state index contributed by atoms with van der Waals surface area (Å²) in [5, 5.41) is 9.51. The van der Waals surface area contributed by atoms with E-state index in [1.807, 2.05) is 25.1 Å². The van der Waals surface area contributed by atoms with Crippen molar-refractivity contribution in [2.45, 2.75) is 39.5 Å². The zero-order valence-electron chi connectivity index (χ0n) is 9.66. The monoisotopic (exact) mass is 204 g/mol. The third-order valence-corrected chi connectivity index (χ3v) is 2.52. The molecule has 1 aromatic rings. The topological polar surface area (TPSA) is 20.2 Å². The Balaban J connectivity index is 2.46. The van der Waals surface area contributed by atoms with Crippen LogP contribution in [0.5, 0.6) is 5.75 Å². The van der Waals surface area contributed by atoms with E-state index in [2.05, 4.69) is 19.1 Å². The molecule has 0 aliphatic carbocycles. The van der Waals surface area contributed by atoms with Gasteiger partial charge < -0.3 is 5.11 Å². The highest BCUT2D eigenvalue weighted by Gasteiger charge is 1.94. The second kappa shape index (κ2) is 6.28. The summed E-state index contributed by atoms with van der Waals surface area (Å²) in [6, 6.07) is 5.79. The SMILES string of the molecule is CCCCC/C=C\c1ccc(C)c(O)c1. The highest BCUT2D eigenvalue weighted by Crippen LogP contribution is 2.18. The van der Waals surface area contributed by atoms with Crippen LogP contribution in [-0.2, 0) is 0 Å². The van der Waals surface area contributed by atoms with Crippen molar-refractivity contribution in [3.05, 3.63) is 35.4 Å². The van der Waals surface area contributed by atoms with Gasteiger partial charge in [0.1, 0.15) is 5.75 Å². The fourth-order valence-electron chi connectivity index (χ4n) is 1.46. The summed E-state index contributed by atoms with van der Waals surface area (Å²) in [6.45, 7) is 4.12. The summed E-state index contributed by atoms with van der Waals surface area (Å²) in [6.07, 6.45) is 9.20. The molecule has 0 aliphatic heterocycles. The lowest BCUT2D eigenvalue weighted by Crippen LogP contribution is -1.77. The van der Waals surface area contributed by atoms with Crippen LogP contribution < -0.4 is 0 Å². The third kappa shape index (κ3) is 4.20. The van der Waals surface area contributed by atoms with Crippen LogP contribution in [0.1, 0.15) is 43.7 Å². The smallest absolute Gasteiger partial charge is 0.119 e. The van der Waals surface area contributed by atoms with Gasteiger partial charge in [0.25, 0.3) is 0 Å². The van der Waals surface area contributed by atoms with E-state index in [1.165, 1.54) is 19.3 Å². The molecule has 0 heterocycles. The van der Waals surface area contributed by atoms with Gasteiger partial charge in [-0.05, 0) is 37.0 Å². The van der Waals surface area contributed by atoms with Gasteiger partial charge in [-0.2, -0.15) is 0 Å². The Morgan fingerprint density at radius 3 is 2.73 bits per heavy atom. The molecule has 0 amide bonds. The predicted molar refractivity (Wildman–Crippen MR) is 66.0 cm³/mol. The zero-order chi connectivity index (χ0) is 11.1. The summed E-state index contributed by atoms with van der Waals surface area (Å²) in [4.78, 5) is 0. The van der Waals surface area contributed by atoms with Crippen molar-refractivity contribution in [2.24, 2.45) is 0 Å². The largest absolute Gasteiger partial charge is 0.508 e. The van der Waals surface area contributed by atoms with Crippen LogP contribution in [0.4, 0.5) is 0 Å². The molecule has 0 saturated heterocycles. The van der Waals surface area contributed by atoms with Gasteiger partial charge in [0.05, 0.1) is 0 Å². The summed E-state index contributed by atoms with van der Waals surface area (Å²) < 4.78 is 0. The van der Waals surface area contributed by atoms with E-state index in [-0.39, 0.29) is 0 Å². The molecule has 0 spiro atoms.